The van der Waals surface area contributed by atoms with E-state index in [1.807, 2.05) is 18.2 Å². The van der Waals surface area contributed by atoms with E-state index in [4.69, 9.17) is 21.1 Å². The molecule has 4 heterocycles. The number of pyridine rings is 4. The molecule has 0 saturated heterocycles. The summed E-state index contributed by atoms with van der Waals surface area (Å²) < 4.78 is 9.71. The first-order valence-corrected chi connectivity index (χ1v) is 9.87. The van der Waals surface area contributed by atoms with Crippen molar-refractivity contribution >= 4 is 45.3 Å². The van der Waals surface area contributed by atoms with E-state index in [9.17, 15) is 9.59 Å². The molecule has 0 spiro atoms. The van der Waals surface area contributed by atoms with Gasteiger partial charge in [0, 0.05) is 23.2 Å². The summed E-state index contributed by atoms with van der Waals surface area (Å²) in [5, 5.41) is 1.86. The van der Waals surface area contributed by atoms with Gasteiger partial charge in [0.15, 0.2) is 10.8 Å². The molecule has 0 aromatic carbocycles. The van der Waals surface area contributed by atoms with E-state index < -0.39 is 11.9 Å². The molecule has 0 aliphatic rings. The van der Waals surface area contributed by atoms with Gasteiger partial charge in [-0.25, -0.2) is 19.6 Å². The first-order chi connectivity index (χ1) is 15.0. The Morgan fingerprint density at radius 3 is 2.19 bits per heavy atom. The number of nitrogens with zero attached hydrogens (tertiary/aromatic N) is 4. The largest absolute Gasteiger partial charge is 0.461 e. The van der Waals surface area contributed by atoms with Crippen LogP contribution in [0.2, 0.25) is 5.15 Å². The van der Waals surface area contributed by atoms with Gasteiger partial charge in [0.25, 0.3) is 0 Å². The first-order valence-electron chi connectivity index (χ1n) is 9.49. The van der Waals surface area contributed by atoms with Crippen LogP contribution in [-0.4, -0.2) is 45.1 Å². The number of halogens is 1. The van der Waals surface area contributed by atoms with E-state index >= 15 is 0 Å². The Hall–Kier alpha value is -3.65. The van der Waals surface area contributed by atoms with Crippen LogP contribution >= 0.6 is 11.6 Å². The second kappa shape index (κ2) is 10.4. The zero-order chi connectivity index (χ0) is 22.2. The molecule has 0 fully saturated rings. The molecular weight excluding hydrogens is 420 g/mol. The van der Waals surface area contributed by atoms with Gasteiger partial charge in [0.2, 0.25) is 0 Å². The molecule has 0 aliphatic carbocycles. The highest BCUT2D eigenvalue weighted by Gasteiger charge is 2.12. The van der Waals surface area contributed by atoms with Crippen molar-refractivity contribution in [3.05, 3.63) is 71.5 Å². The summed E-state index contributed by atoms with van der Waals surface area (Å²) in [6, 6.07) is 10.6. The van der Waals surface area contributed by atoms with Gasteiger partial charge in [-0.3, -0.25) is 9.97 Å². The molecule has 4 aromatic heterocycles. The van der Waals surface area contributed by atoms with Crippen LogP contribution in [0, 0.1) is 0 Å². The average molecular weight is 439 g/mol. The van der Waals surface area contributed by atoms with Crippen LogP contribution in [0.25, 0.3) is 21.8 Å². The highest BCUT2D eigenvalue weighted by atomic mass is 35.5. The quantitative estimate of drug-likeness (QED) is 0.343. The lowest BCUT2D eigenvalue weighted by Gasteiger charge is -2.03. The number of fused-ring (bicyclic) bond motifs is 2. The summed E-state index contributed by atoms with van der Waals surface area (Å²) in [4.78, 5) is 39.0. The average Bonchev–Trinajstić information content (AvgIpc) is 2.79. The third-order valence-electron chi connectivity index (χ3n) is 4.00. The fourth-order valence-electron chi connectivity index (χ4n) is 2.65. The Morgan fingerprint density at radius 1 is 0.871 bits per heavy atom. The van der Waals surface area contributed by atoms with Crippen LogP contribution in [0.15, 0.2) is 55.0 Å². The summed E-state index contributed by atoms with van der Waals surface area (Å²) in [7, 11) is 0. The van der Waals surface area contributed by atoms with Gasteiger partial charge >= 0.3 is 11.9 Å². The predicted molar refractivity (Wildman–Crippen MR) is 116 cm³/mol. The maximum atomic E-state index is 11.5. The molecule has 158 valence electrons. The Balaban J connectivity index is 0.000000176. The molecule has 0 aliphatic heterocycles. The molecule has 4 aromatic rings. The topological polar surface area (TPSA) is 104 Å². The zero-order valence-corrected chi connectivity index (χ0v) is 17.7. The minimum Gasteiger partial charge on any atom is -0.461 e. The maximum absolute atomic E-state index is 11.5. The Kier molecular flexibility index (Phi) is 7.40. The number of esters is 2. The van der Waals surface area contributed by atoms with Crippen molar-refractivity contribution in [3.63, 3.8) is 0 Å². The zero-order valence-electron chi connectivity index (χ0n) is 16.9. The molecule has 0 unspecified atom stereocenters. The summed E-state index contributed by atoms with van der Waals surface area (Å²) in [5.41, 5.74) is 1.87. The third kappa shape index (κ3) is 5.49. The lowest BCUT2D eigenvalue weighted by atomic mass is 10.2. The normalized spacial score (nSPS) is 10.3. The maximum Gasteiger partial charge on any atom is 0.356 e. The monoisotopic (exact) mass is 438 g/mol. The van der Waals surface area contributed by atoms with Crippen molar-refractivity contribution in [2.24, 2.45) is 0 Å². The van der Waals surface area contributed by atoms with Gasteiger partial charge in [-0.05, 0) is 38.1 Å². The lowest BCUT2D eigenvalue weighted by Crippen LogP contribution is -2.07. The standard InChI is InChI=1S/C11H9ClN2O2.C11H10N2O2/c1-2-16-11(15)8-6-7-4-3-5-13-9(7)10(12)14-8;1-2-15-11(14)9-6-8-4-3-5-12-10(8)7-13-9/h3-6H,2H2,1H3;3-7H,2H2,1H3. The fraction of sp³-hybridized carbons (Fsp3) is 0.182. The summed E-state index contributed by atoms with van der Waals surface area (Å²) in [6.07, 6.45) is 4.88. The van der Waals surface area contributed by atoms with Crippen LogP contribution in [0.1, 0.15) is 34.8 Å². The van der Waals surface area contributed by atoms with Gasteiger partial charge < -0.3 is 9.47 Å². The first kappa shape index (κ1) is 22.0. The number of hydrogen-bond acceptors (Lipinski definition) is 8. The SMILES string of the molecule is CCOC(=O)c1cc2cccnc2c(Cl)n1.CCOC(=O)c1cc2cccnc2cn1. The highest BCUT2D eigenvalue weighted by molar-refractivity contribution is 6.34. The van der Waals surface area contributed by atoms with Crippen LogP contribution in [0.5, 0.6) is 0 Å². The lowest BCUT2D eigenvalue weighted by molar-refractivity contribution is 0.0510. The van der Waals surface area contributed by atoms with Crippen molar-refractivity contribution in [1.29, 1.82) is 0 Å². The number of carbonyl (C=O) groups excluding carboxylic acids is 2. The molecule has 0 saturated carbocycles. The van der Waals surface area contributed by atoms with E-state index in [-0.39, 0.29) is 10.8 Å². The van der Waals surface area contributed by atoms with Gasteiger partial charge in [0.05, 0.1) is 24.9 Å². The summed E-state index contributed by atoms with van der Waals surface area (Å²) in [5.74, 6) is -0.876. The molecule has 0 N–H and O–H groups in total. The molecule has 9 heteroatoms. The highest BCUT2D eigenvalue weighted by Crippen LogP contribution is 2.20. The van der Waals surface area contributed by atoms with Crippen molar-refractivity contribution in [2.75, 3.05) is 13.2 Å². The van der Waals surface area contributed by atoms with E-state index in [0.29, 0.717) is 24.4 Å². The van der Waals surface area contributed by atoms with Gasteiger partial charge in [0.1, 0.15) is 11.2 Å². The molecule has 4 rings (SSSR count). The van der Waals surface area contributed by atoms with Crippen molar-refractivity contribution in [3.8, 4) is 0 Å². The molecule has 0 atom stereocenters. The van der Waals surface area contributed by atoms with E-state index in [2.05, 4.69) is 19.9 Å². The van der Waals surface area contributed by atoms with E-state index in [1.165, 1.54) is 0 Å². The Bertz CT molecular complexity index is 1230. The summed E-state index contributed by atoms with van der Waals surface area (Å²) >= 11 is 5.93. The minimum absolute atomic E-state index is 0.201. The predicted octanol–water partition coefficient (Wildman–Crippen LogP) is 4.27. The number of aromatic nitrogens is 4. The van der Waals surface area contributed by atoms with Crippen LogP contribution in [-0.2, 0) is 9.47 Å². The number of carbonyl (C=O) groups is 2. The number of rotatable bonds is 4. The molecule has 8 nitrogen and oxygen atoms in total. The van der Waals surface area contributed by atoms with Crippen LogP contribution in [0.4, 0.5) is 0 Å². The molecule has 0 radical (unpaired) electrons. The van der Waals surface area contributed by atoms with Gasteiger partial charge in [-0.15, -0.1) is 0 Å². The molecule has 0 amide bonds. The fourth-order valence-corrected chi connectivity index (χ4v) is 2.90. The smallest absolute Gasteiger partial charge is 0.356 e. The van der Waals surface area contributed by atoms with Crippen molar-refractivity contribution < 1.29 is 19.1 Å². The second-order valence-corrected chi connectivity index (χ2v) is 6.44. The second-order valence-electron chi connectivity index (χ2n) is 6.08. The van der Waals surface area contributed by atoms with Gasteiger partial charge in [-0.1, -0.05) is 23.7 Å². The van der Waals surface area contributed by atoms with E-state index in [1.54, 1.807) is 50.6 Å². The molecule has 31 heavy (non-hydrogen) atoms. The Morgan fingerprint density at radius 2 is 1.48 bits per heavy atom. The van der Waals surface area contributed by atoms with E-state index in [0.717, 1.165) is 16.3 Å². The Labute approximate surface area is 183 Å². The van der Waals surface area contributed by atoms with Crippen LogP contribution < -0.4 is 0 Å². The number of hydrogen-bond donors (Lipinski definition) is 0. The van der Waals surface area contributed by atoms with Crippen LogP contribution in [0.3, 0.4) is 0 Å². The van der Waals surface area contributed by atoms with Crippen molar-refractivity contribution in [1.82, 2.24) is 19.9 Å². The minimum atomic E-state index is -0.477. The third-order valence-corrected chi connectivity index (χ3v) is 4.27. The van der Waals surface area contributed by atoms with Gasteiger partial charge in [-0.2, -0.15) is 0 Å². The molecule has 0 bridgehead atoms. The molecular formula is C22H19ClN4O4. The van der Waals surface area contributed by atoms with Crippen molar-refractivity contribution in [2.45, 2.75) is 13.8 Å². The summed E-state index contributed by atoms with van der Waals surface area (Å²) in [6.45, 7) is 4.16. The number of ether oxygens (including phenoxy) is 2.